The van der Waals surface area contributed by atoms with E-state index in [1.54, 1.807) is 43.0 Å². The molecule has 4 bridgehead atoms. The van der Waals surface area contributed by atoms with Gasteiger partial charge in [0.15, 0.2) is 0 Å². The standard InChI is InChI=1S/C28H20N6O4/c35-23-29(13-7-3-1-4-8-13)24(36)32-16-12-11-15(31(23)32)27-19-17-18-20(19)28(16,27)22(18)34-26(38)30(14-9-5-2-6-10-14)25(37)33(34)21(17)27/h1-12,15-22H/t15-,16-,17+,18+,19+,20+,21-,22+,27-,28-/m1/s1. The molecule has 0 N–H and O–H groups in total. The van der Waals surface area contributed by atoms with Gasteiger partial charge in [-0.2, -0.15) is 0 Å². The molecular formula is C28H20N6O4. The summed E-state index contributed by atoms with van der Waals surface area (Å²) in [6.07, 6.45) is 4.20. The molecule has 13 rings (SSSR count). The Morgan fingerprint density at radius 3 is 1.26 bits per heavy atom. The van der Waals surface area contributed by atoms with Crippen LogP contribution in [-0.4, -0.2) is 27.9 Å². The van der Waals surface area contributed by atoms with Crippen LogP contribution >= 0.6 is 0 Å². The minimum absolute atomic E-state index is 0.147. The quantitative estimate of drug-likeness (QED) is 0.379. The highest BCUT2D eigenvalue weighted by Crippen LogP contribution is 3.06. The maximum atomic E-state index is 13.9. The van der Waals surface area contributed by atoms with Crippen molar-refractivity contribution in [3.05, 3.63) is 115 Å². The fourth-order valence-electron chi connectivity index (χ4n) is 11.3. The molecule has 2 aromatic carbocycles. The lowest BCUT2D eigenvalue weighted by Crippen LogP contribution is -3.04. The van der Waals surface area contributed by atoms with Gasteiger partial charge in [-0.3, -0.25) is 0 Å². The van der Waals surface area contributed by atoms with Gasteiger partial charge in [0.05, 0.1) is 35.5 Å². The van der Waals surface area contributed by atoms with E-state index in [0.29, 0.717) is 35.0 Å². The average Bonchev–Trinajstić information content (AvgIpc) is 3.34. The lowest BCUT2D eigenvalue weighted by atomic mass is 9.03. The number of benzene rings is 2. The summed E-state index contributed by atoms with van der Waals surface area (Å²) in [7, 11) is 0. The van der Waals surface area contributed by atoms with Crippen LogP contribution in [0.2, 0.25) is 0 Å². The number of allylic oxidation sites excluding steroid dienone is 2. The summed E-state index contributed by atoms with van der Waals surface area (Å²) in [6, 6.07) is 17.2. The third-order valence-electron chi connectivity index (χ3n) is 11.8. The number of para-hydroxylation sites is 2. The highest BCUT2D eigenvalue weighted by Gasteiger charge is 3.06. The zero-order valence-electron chi connectivity index (χ0n) is 19.9. The van der Waals surface area contributed by atoms with Crippen LogP contribution in [0, 0.1) is 34.5 Å². The van der Waals surface area contributed by atoms with Crippen LogP contribution in [0.5, 0.6) is 0 Å². The molecule has 38 heavy (non-hydrogen) atoms. The van der Waals surface area contributed by atoms with E-state index < -0.39 is 0 Å². The molecule has 0 saturated heterocycles. The smallest absolute Gasteiger partial charge is 0.245 e. The lowest BCUT2D eigenvalue weighted by Gasteiger charge is -3.03. The van der Waals surface area contributed by atoms with Gasteiger partial charge >= 0.3 is 22.8 Å². The molecule has 5 aliphatic carbocycles. The number of hydrogen-bond donors (Lipinski definition) is 0. The van der Waals surface area contributed by atoms with Gasteiger partial charge in [0.1, 0.15) is 0 Å². The molecule has 10 heteroatoms. The van der Waals surface area contributed by atoms with Crippen molar-refractivity contribution in [3.8, 4) is 11.4 Å². The Morgan fingerprint density at radius 1 is 0.500 bits per heavy atom. The molecule has 10 atom stereocenters. The van der Waals surface area contributed by atoms with Crippen molar-refractivity contribution in [2.45, 2.75) is 24.2 Å². The van der Waals surface area contributed by atoms with Crippen molar-refractivity contribution in [3.63, 3.8) is 0 Å². The van der Waals surface area contributed by atoms with Gasteiger partial charge in [-0.05, 0) is 47.9 Å². The summed E-state index contributed by atoms with van der Waals surface area (Å²) in [5, 5.41) is 0. The molecule has 10 nitrogen and oxygen atoms in total. The zero-order valence-corrected chi connectivity index (χ0v) is 19.9. The maximum absolute atomic E-state index is 13.9. The van der Waals surface area contributed by atoms with Crippen LogP contribution in [0.1, 0.15) is 24.2 Å². The highest BCUT2D eigenvalue weighted by molar-refractivity contribution is 5.55. The Hall–Kier alpha value is -4.34. The molecule has 2 aromatic heterocycles. The first-order chi connectivity index (χ1) is 18.6. The van der Waals surface area contributed by atoms with Crippen LogP contribution in [0.15, 0.2) is 92.0 Å². The number of rotatable bonds is 2. The summed E-state index contributed by atoms with van der Waals surface area (Å²) < 4.78 is 9.38. The van der Waals surface area contributed by atoms with Crippen LogP contribution in [-0.2, 0) is 0 Å². The van der Waals surface area contributed by atoms with Crippen LogP contribution < -0.4 is 22.8 Å². The fraction of sp³-hybridized carbons (Fsp3) is 0.357. The van der Waals surface area contributed by atoms with Crippen molar-refractivity contribution in [2.75, 3.05) is 0 Å². The van der Waals surface area contributed by atoms with Gasteiger partial charge in [0.25, 0.3) is 0 Å². The van der Waals surface area contributed by atoms with Crippen molar-refractivity contribution >= 4 is 0 Å². The largest absolute Gasteiger partial charge is 0.352 e. The second-order valence-electron chi connectivity index (χ2n) is 12.1. The van der Waals surface area contributed by atoms with Crippen LogP contribution in [0.3, 0.4) is 0 Å². The van der Waals surface area contributed by atoms with Gasteiger partial charge in [-0.1, -0.05) is 48.6 Å². The first kappa shape index (κ1) is 18.8. The number of aromatic nitrogens is 6. The highest BCUT2D eigenvalue weighted by atomic mass is 16.2. The molecule has 6 heterocycles. The van der Waals surface area contributed by atoms with Gasteiger partial charge in [0, 0.05) is 10.8 Å². The van der Waals surface area contributed by atoms with E-state index in [0.717, 1.165) is 0 Å². The molecule has 186 valence electrons. The van der Waals surface area contributed by atoms with Gasteiger partial charge in [-0.15, -0.1) is 0 Å². The zero-order chi connectivity index (χ0) is 25.0. The molecule has 4 fully saturated rings. The molecule has 2 spiro atoms. The van der Waals surface area contributed by atoms with E-state index in [9.17, 15) is 19.2 Å². The Bertz CT molecular complexity index is 1950. The van der Waals surface area contributed by atoms with E-state index in [4.69, 9.17) is 0 Å². The van der Waals surface area contributed by atoms with E-state index >= 15 is 0 Å². The Kier molecular flexibility index (Phi) is 2.56. The van der Waals surface area contributed by atoms with Crippen molar-refractivity contribution in [1.29, 1.82) is 0 Å². The first-order valence-corrected chi connectivity index (χ1v) is 13.3. The normalized spacial score (nSPS) is 41.7. The molecule has 4 aromatic rings. The Morgan fingerprint density at radius 2 is 0.868 bits per heavy atom. The van der Waals surface area contributed by atoms with Gasteiger partial charge in [0.2, 0.25) is 0 Å². The molecule has 4 aliphatic heterocycles. The molecule has 4 saturated carbocycles. The van der Waals surface area contributed by atoms with Crippen molar-refractivity contribution in [1.82, 2.24) is 27.9 Å². The van der Waals surface area contributed by atoms with Crippen molar-refractivity contribution < 1.29 is 0 Å². The SMILES string of the molecule is O=c1n(-c2ccccc2)c(=O)n2n1[C@H]1[C@H]3[C@H]4[C@H]5[C@H]3[C@]13[C@H]1C=C[C@@H](n6c(=O)n(-c7ccccc7)c(=O)n61)[C@]53[C@@H]42. The third kappa shape index (κ3) is 1.33. The van der Waals surface area contributed by atoms with E-state index in [1.807, 2.05) is 36.4 Å². The Balaban J connectivity index is 1.21. The average molecular weight is 505 g/mol. The summed E-state index contributed by atoms with van der Waals surface area (Å²) in [5.74, 6) is 1.57. The predicted octanol–water partition coefficient (Wildman–Crippen LogP) is 0.868. The lowest BCUT2D eigenvalue weighted by molar-refractivity contribution is -0.575. The van der Waals surface area contributed by atoms with Crippen molar-refractivity contribution in [2.24, 2.45) is 34.5 Å². The van der Waals surface area contributed by atoms with Gasteiger partial charge in [-0.25, -0.2) is 47.0 Å². The second-order valence-corrected chi connectivity index (χ2v) is 12.1. The summed E-state index contributed by atoms with van der Waals surface area (Å²) in [4.78, 5) is 55.6. The van der Waals surface area contributed by atoms with Crippen LogP contribution in [0.25, 0.3) is 11.4 Å². The molecule has 0 unspecified atom stereocenters. The summed E-state index contributed by atoms with van der Waals surface area (Å²) in [5.41, 5.74) is -0.802. The third-order valence-corrected chi connectivity index (χ3v) is 11.8. The number of nitrogens with zero attached hydrogens (tertiary/aromatic N) is 6. The van der Waals surface area contributed by atoms with Crippen LogP contribution in [0.4, 0.5) is 0 Å². The molecule has 9 aliphatic rings. The minimum atomic E-state index is -0.339. The summed E-state index contributed by atoms with van der Waals surface area (Å²) in [6.45, 7) is 0. The molecule has 0 radical (unpaired) electrons. The van der Waals surface area contributed by atoms with Gasteiger partial charge < -0.3 is 0 Å². The summed E-state index contributed by atoms with van der Waals surface area (Å²) >= 11 is 0. The molecule has 0 amide bonds. The predicted molar refractivity (Wildman–Crippen MR) is 133 cm³/mol. The topological polar surface area (TPSA) is 97.9 Å². The maximum Gasteiger partial charge on any atom is 0.352 e. The second kappa shape index (κ2) is 5.16. The monoisotopic (exact) mass is 504 g/mol. The molecular weight excluding hydrogens is 484 g/mol. The Labute approximate surface area is 212 Å². The van der Waals surface area contributed by atoms with E-state index in [2.05, 4.69) is 12.2 Å². The fourth-order valence-corrected chi connectivity index (χ4v) is 11.3. The first-order valence-electron chi connectivity index (χ1n) is 13.3. The minimum Gasteiger partial charge on any atom is -0.245 e. The van der Waals surface area contributed by atoms with E-state index in [1.165, 1.54) is 9.13 Å². The van der Waals surface area contributed by atoms with E-state index in [-0.39, 0.29) is 57.8 Å². The number of hydrogen-bond acceptors (Lipinski definition) is 4.